The lowest BCUT2D eigenvalue weighted by molar-refractivity contribution is -0.139. The number of carbonyl (C=O) groups excluding carboxylic acids is 1. The van der Waals surface area contributed by atoms with Crippen LogP contribution in [0.25, 0.3) is 0 Å². The van der Waals surface area contributed by atoms with Gasteiger partial charge in [0.1, 0.15) is 6.04 Å². The van der Waals surface area contributed by atoms with Gasteiger partial charge in [-0.1, -0.05) is 13.0 Å². The monoisotopic (exact) mass is 270 g/mol. The second-order valence-electron chi connectivity index (χ2n) is 4.05. The molecule has 100 valence electrons. The Morgan fingerprint density at radius 3 is 2.67 bits per heavy atom. The predicted octanol–water partition coefficient (Wildman–Crippen LogP) is 2.31. The number of carboxylic acids is 1. The number of rotatable bonds is 5. The van der Waals surface area contributed by atoms with Crippen LogP contribution in [0.1, 0.15) is 31.2 Å². The van der Waals surface area contributed by atoms with E-state index in [2.05, 4.69) is 5.32 Å². The van der Waals surface area contributed by atoms with E-state index in [9.17, 15) is 9.59 Å². The van der Waals surface area contributed by atoms with Crippen LogP contribution in [0.15, 0.2) is 17.5 Å². The third-order valence-corrected chi connectivity index (χ3v) is 3.90. The third-order valence-electron chi connectivity index (χ3n) is 2.86. The number of carboxylic acid groups (broad SMARTS) is 1. The maximum absolute atomic E-state index is 11.9. The first-order chi connectivity index (χ1) is 8.47. The van der Waals surface area contributed by atoms with Gasteiger partial charge in [0.25, 0.3) is 0 Å². The quantitative estimate of drug-likeness (QED) is 0.862. The van der Waals surface area contributed by atoms with Gasteiger partial charge in [-0.15, -0.1) is 11.3 Å². The number of amides is 2. The van der Waals surface area contributed by atoms with E-state index < -0.39 is 12.0 Å². The molecule has 2 N–H and O–H groups in total. The van der Waals surface area contributed by atoms with Gasteiger partial charge in [-0.05, 0) is 24.8 Å². The molecule has 2 atom stereocenters. The highest BCUT2D eigenvalue weighted by atomic mass is 32.1. The number of nitrogens with zero attached hydrogens (tertiary/aromatic N) is 1. The summed E-state index contributed by atoms with van der Waals surface area (Å²) < 4.78 is 0. The Balaban J connectivity index is 2.64. The van der Waals surface area contributed by atoms with E-state index in [1.54, 1.807) is 25.3 Å². The van der Waals surface area contributed by atoms with Gasteiger partial charge in [0.05, 0.1) is 6.04 Å². The highest BCUT2D eigenvalue weighted by Crippen LogP contribution is 2.23. The molecule has 0 radical (unpaired) electrons. The van der Waals surface area contributed by atoms with Gasteiger partial charge < -0.3 is 15.3 Å². The van der Waals surface area contributed by atoms with Crippen molar-refractivity contribution in [3.8, 4) is 0 Å². The van der Waals surface area contributed by atoms with Crippen LogP contribution in [0.5, 0.6) is 0 Å². The summed E-state index contributed by atoms with van der Waals surface area (Å²) in [5.41, 5.74) is 0. The van der Waals surface area contributed by atoms with Crippen molar-refractivity contribution in [2.45, 2.75) is 32.4 Å². The van der Waals surface area contributed by atoms with E-state index in [0.717, 1.165) is 4.88 Å². The molecule has 6 heteroatoms. The maximum Gasteiger partial charge on any atom is 0.326 e. The number of carbonyl (C=O) groups is 2. The number of hydrogen-bond donors (Lipinski definition) is 2. The van der Waals surface area contributed by atoms with Crippen molar-refractivity contribution in [2.75, 3.05) is 7.05 Å². The zero-order chi connectivity index (χ0) is 13.7. The molecule has 0 aliphatic carbocycles. The fraction of sp³-hybridized carbons (Fsp3) is 0.500. The Morgan fingerprint density at radius 1 is 1.56 bits per heavy atom. The third kappa shape index (κ3) is 3.46. The summed E-state index contributed by atoms with van der Waals surface area (Å²) in [6.07, 6.45) is 0.363. The minimum atomic E-state index is -1.01. The molecule has 1 rings (SSSR count). The van der Waals surface area contributed by atoms with Crippen LogP contribution in [-0.2, 0) is 4.79 Å². The minimum Gasteiger partial charge on any atom is -0.480 e. The van der Waals surface area contributed by atoms with Gasteiger partial charge >= 0.3 is 12.0 Å². The van der Waals surface area contributed by atoms with E-state index in [4.69, 9.17) is 5.11 Å². The fourth-order valence-electron chi connectivity index (χ4n) is 1.49. The van der Waals surface area contributed by atoms with Gasteiger partial charge in [-0.3, -0.25) is 0 Å². The molecule has 1 heterocycles. The molecule has 1 aromatic rings. The molecule has 0 aliphatic rings. The second-order valence-corrected chi connectivity index (χ2v) is 5.03. The Bertz CT molecular complexity index is 405. The lowest BCUT2D eigenvalue weighted by Crippen LogP contribution is -2.46. The predicted molar refractivity (Wildman–Crippen MR) is 70.7 cm³/mol. The molecule has 2 unspecified atom stereocenters. The van der Waals surface area contributed by atoms with Crippen LogP contribution in [0.2, 0.25) is 0 Å². The van der Waals surface area contributed by atoms with Crippen molar-refractivity contribution in [1.82, 2.24) is 10.2 Å². The van der Waals surface area contributed by atoms with Crippen LogP contribution >= 0.6 is 11.3 Å². The van der Waals surface area contributed by atoms with Gasteiger partial charge in [-0.25, -0.2) is 9.59 Å². The number of hydrogen-bond acceptors (Lipinski definition) is 3. The lowest BCUT2D eigenvalue weighted by Gasteiger charge is -2.26. The van der Waals surface area contributed by atoms with Crippen LogP contribution < -0.4 is 5.32 Å². The van der Waals surface area contributed by atoms with Gasteiger partial charge in [0, 0.05) is 11.9 Å². The van der Waals surface area contributed by atoms with Crippen molar-refractivity contribution in [1.29, 1.82) is 0 Å². The summed E-state index contributed by atoms with van der Waals surface area (Å²) in [7, 11) is 1.66. The first-order valence-electron chi connectivity index (χ1n) is 5.76. The Morgan fingerprint density at radius 2 is 2.22 bits per heavy atom. The summed E-state index contributed by atoms with van der Waals surface area (Å²) in [5, 5.41) is 13.3. The van der Waals surface area contributed by atoms with E-state index >= 15 is 0 Å². The minimum absolute atomic E-state index is 0.0729. The Labute approximate surface area is 110 Å². The first kappa shape index (κ1) is 14.5. The number of nitrogens with one attached hydrogen (secondary N) is 1. The van der Waals surface area contributed by atoms with Crippen LogP contribution in [0, 0.1) is 0 Å². The number of thiophene rings is 1. The van der Waals surface area contributed by atoms with E-state index in [-0.39, 0.29) is 12.1 Å². The van der Waals surface area contributed by atoms with Gasteiger partial charge in [-0.2, -0.15) is 0 Å². The molecule has 0 saturated heterocycles. The average molecular weight is 270 g/mol. The topological polar surface area (TPSA) is 69.6 Å². The number of aliphatic carboxylic acids is 1. The van der Waals surface area contributed by atoms with E-state index in [0.29, 0.717) is 6.42 Å². The van der Waals surface area contributed by atoms with Crippen molar-refractivity contribution >= 4 is 23.3 Å². The average Bonchev–Trinajstić information content (AvgIpc) is 2.86. The smallest absolute Gasteiger partial charge is 0.326 e. The molecule has 0 fully saturated rings. The fourth-order valence-corrected chi connectivity index (χ4v) is 2.31. The molecule has 2 amide bonds. The molecular formula is C12H18N2O3S. The van der Waals surface area contributed by atoms with Gasteiger partial charge in [0.2, 0.25) is 0 Å². The van der Waals surface area contributed by atoms with E-state index in [1.807, 2.05) is 24.4 Å². The van der Waals surface area contributed by atoms with Gasteiger partial charge in [0.15, 0.2) is 0 Å². The van der Waals surface area contributed by atoms with Crippen molar-refractivity contribution in [3.63, 3.8) is 0 Å². The molecule has 0 spiro atoms. The van der Waals surface area contributed by atoms with Crippen molar-refractivity contribution in [2.24, 2.45) is 0 Å². The largest absolute Gasteiger partial charge is 0.480 e. The molecular weight excluding hydrogens is 252 g/mol. The zero-order valence-electron chi connectivity index (χ0n) is 10.7. The molecule has 0 bridgehead atoms. The summed E-state index contributed by atoms with van der Waals surface area (Å²) in [6.45, 7) is 3.63. The first-order valence-corrected chi connectivity index (χ1v) is 6.64. The lowest BCUT2D eigenvalue weighted by atomic mass is 10.2. The summed E-state index contributed by atoms with van der Waals surface area (Å²) >= 11 is 1.57. The molecule has 18 heavy (non-hydrogen) atoms. The SMILES string of the molecule is CCC(NC(=O)N(C)C(C)c1cccs1)C(=O)O. The molecule has 1 aromatic heterocycles. The molecule has 0 aliphatic heterocycles. The molecule has 0 saturated carbocycles. The van der Waals surface area contributed by atoms with Crippen molar-refractivity contribution in [3.05, 3.63) is 22.4 Å². The molecule has 0 aromatic carbocycles. The van der Waals surface area contributed by atoms with Crippen LogP contribution in [0.3, 0.4) is 0 Å². The molecule has 5 nitrogen and oxygen atoms in total. The van der Waals surface area contributed by atoms with Crippen molar-refractivity contribution < 1.29 is 14.7 Å². The van der Waals surface area contributed by atoms with E-state index in [1.165, 1.54) is 4.90 Å². The summed E-state index contributed by atoms with van der Waals surface area (Å²) in [4.78, 5) is 25.3. The summed E-state index contributed by atoms with van der Waals surface area (Å²) in [5.74, 6) is -1.01. The highest BCUT2D eigenvalue weighted by Gasteiger charge is 2.23. The van der Waals surface area contributed by atoms with Crippen LogP contribution in [-0.4, -0.2) is 35.1 Å². The normalized spacial score (nSPS) is 13.7. The highest BCUT2D eigenvalue weighted by molar-refractivity contribution is 7.10. The summed E-state index contributed by atoms with van der Waals surface area (Å²) in [6, 6.07) is 2.60. The van der Waals surface area contributed by atoms with Crippen LogP contribution in [0.4, 0.5) is 4.79 Å². The Kier molecular flexibility index (Phi) is 5.15. The Hall–Kier alpha value is -1.56. The standard InChI is InChI=1S/C12H18N2O3S/c1-4-9(11(15)16)13-12(17)14(3)8(2)10-6-5-7-18-10/h5-9H,4H2,1-3H3,(H,13,17)(H,15,16). The second kappa shape index (κ2) is 6.39. The number of urea groups is 1. The zero-order valence-corrected chi connectivity index (χ0v) is 11.5. The maximum atomic E-state index is 11.9.